The molecular formula is C17H27NO. The van der Waals surface area contributed by atoms with Crippen molar-refractivity contribution in [2.75, 3.05) is 6.61 Å². The van der Waals surface area contributed by atoms with E-state index in [-0.39, 0.29) is 11.6 Å². The van der Waals surface area contributed by atoms with Gasteiger partial charge < -0.3 is 10.5 Å². The highest BCUT2D eigenvalue weighted by Crippen LogP contribution is 2.40. The Bertz CT molecular complexity index is 394. The lowest BCUT2D eigenvalue weighted by Gasteiger charge is -2.39. The Labute approximate surface area is 117 Å². The Hall–Kier alpha value is -0.860. The zero-order valence-corrected chi connectivity index (χ0v) is 12.3. The molecule has 0 amide bonds. The number of rotatable bonds is 4. The van der Waals surface area contributed by atoms with Crippen LogP contribution in [0.15, 0.2) is 24.3 Å². The lowest BCUT2D eigenvalue weighted by atomic mass is 9.81. The van der Waals surface area contributed by atoms with E-state index in [9.17, 15) is 0 Å². The summed E-state index contributed by atoms with van der Waals surface area (Å²) in [7, 11) is 0. The van der Waals surface area contributed by atoms with Crippen molar-refractivity contribution in [2.45, 2.75) is 64.0 Å². The lowest BCUT2D eigenvalue weighted by Crippen LogP contribution is -2.44. The van der Waals surface area contributed by atoms with Crippen LogP contribution in [0.3, 0.4) is 0 Å². The van der Waals surface area contributed by atoms with Gasteiger partial charge >= 0.3 is 0 Å². The molecule has 19 heavy (non-hydrogen) atoms. The molecule has 2 N–H and O–H groups in total. The van der Waals surface area contributed by atoms with Crippen LogP contribution in [0.5, 0.6) is 0 Å². The number of ether oxygens (including phenoxy) is 1. The van der Waals surface area contributed by atoms with Gasteiger partial charge in [0.2, 0.25) is 0 Å². The third-order valence-corrected chi connectivity index (χ3v) is 4.47. The Morgan fingerprint density at radius 1 is 1.16 bits per heavy atom. The zero-order valence-electron chi connectivity index (χ0n) is 12.3. The van der Waals surface area contributed by atoms with Gasteiger partial charge in [0.25, 0.3) is 0 Å². The van der Waals surface area contributed by atoms with Gasteiger partial charge in [0, 0.05) is 6.61 Å². The predicted molar refractivity (Wildman–Crippen MR) is 80.2 cm³/mol. The topological polar surface area (TPSA) is 35.2 Å². The summed E-state index contributed by atoms with van der Waals surface area (Å²) >= 11 is 0. The molecule has 1 aromatic rings. The van der Waals surface area contributed by atoms with Gasteiger partial charge in [-0.25, -0.2) is 0 Å². The van der Waals surface area contributed by atoms with Crippen molar-refractivity contribution in [1.82, 2.24) is 0 Å². The highest BCUT2D eigenvalue weighted by molar-refractivity contribution is 5.30. The third-order valence-electron chi connectivity index (χ3n) is 4.47. The summed E-state index contributed by atoms with van der Waals surface area (Å²) in [6.45, 7) is 4.97. The van der Waals surface area contributed by atoms with E-state index in [0.29, 0.717) is 0 Å². The maximum absolute atomic E-state index is 6.64. The van der Waals surface area contributed by atoms with Crippen molar-refractivity contribution >= 4 is 0 Å². The second-order valence-electron chi connectivity index (χ2n) is 5.75. The Balaban J connectivity index is 2.29. The number of nitrogens with two attached hydrogens (primary N) is 1. The molecule has 0 bridgehead atoms. The van der Waals surface area contributed by atoms with Gasteiger partial charge in [-0.2, -0.15) is 0 Å². The molecule has 1 fully saturated rings. The molecule has 0 heterocycles. The number of aryl methyl sites for hydroxylation is 1. The van der Waals surface area contributed by atoms with E-state index in [1.807, 2.05) is 0 Å². The van der Waals surface area contributed by atoms with Crippen LogP contribution in [-0.4, -0.2) is 12.2 Å². The highest BCUT2D eigenvalue weighted by atomic mass is 16.5. The average Bonchev–Trinajstić information content (AvgIpc) is 2.66. The second-order valence-corrected chi connectivity index (χ2v) is 5.75. The molecule has 1 saturated carbocycles. The van der Waals surface area contributed by atoms with Crippen molar-refractivity contribution in [1.29, 1.82) is 0 Å². The lowest BCUT2D eigenvalue weighted by molar-refractivity contribution is -0.0697. The SMILES string of the molecule is CCOC1(C(N)c2ccccc2C)CCCCCC1. The molecular weight excluding hydrogens is 234 g/mol. The molecule has 1 aromatic carbocycles. The third kappa shape index (κ3) is 3.18. The standard InChI is InChI=1S/C17H27NO/c1-3-19-17(12-8-4-5-9-13-17)16(18)15-11-7-6-10-14(15)2/h6-7,10-11,16H,3-5,8-9,12-13,18H2,1-2H3. The van der Waals surface area contributed by atoms with Crippen molar-refractivity contribution in [2.24, 2.45) is 5.73 Å². The van der Waals surface area contributed by atoms with Crippen molar-refractivity contribution in [3.63, 3.8) is 0 Å². The van der Waals surface area contributed by atoms with E-state index < -0.39 is 0 Å². The first kappa shape index (κ1) is 14.5. The molecule has 1 unspecified atom stereocenters. The van der Waals surface area contributed by atoms with E-state index in [0.717, 1.165) is 19.4 Å². The number of hydrogen-bond donors (Lipinski definition) is 1. The van der Waals surface area contributed by atoms with Crippen LogP contribution in [0.25, 0.3) is 0 Å². The van der Waals surface area contributed by atoms with E-state index in [2.05, 4.69) is 38.1 Å². The molecule has 1 aliphatic carbocycles. The van der Waals surface area contributed by atoms with Gasteiger partial charge in [0.15, 0.2) is 0 Å². The summed E-state index contributed by atoms with van der Waals surface area (Å²) in [5, 5.41) is 0. The maximum atomic E-state index is 6.64. The normalized spacial score (nSPS) is 20.8. The van der Waals surface area contributed by atoms with Gasteiger partial charge in [-0.05, 0) is 37.8 Å². The average molecular weight is 261 g/mol. The summed E-state index contributed by atoms with van der Waals surface area (Å²) < 4.78 is 6.20. The molecule has 0 saturated heterocycles. The van der Waals surface area contributed by atoms with Crippen LogP contribution in [0.2, 0.25) is 0 Å². The van der Waals surface area contributed by atoms with Crippen LogP contribution in [0.4, 0.5) is 0 Å². The largest absolute Gasteiger partial charge is 0.373 e. The predicted octanol–water partition coefficient (Wildman–Crippen LogP) is 4.12. The van der Waals surface area contributed by atoms with Crippen molar-refractivity contribution in [3.05, 3.63) is 35.4 Å². The Kier molecular flexibility index (Phi) is 5.00. The fourth-order valence-corrected chi connectivity index (χ4v) is 3.38. The molecule has 2 nitrogen and oxygen atoms in total. The van der Waals surface area contributed by atoms with Crippen LogP contribution >= 0.6 is 0 Å². The summed E-state index contributed by atoms with van der Waals surface area (Å²) in [4.78, 5) is 0. The minimum absolute atomic E-state index is 0.00764. The molecule has 2 heteroatoms. The Morgan fingerprint density at radius 2 is 1.79 bits per heavy atom. The fraction of sp³-hybridized carbons (Fsp3) is 0.647. The zero-order chi connectivity index (χ0) is 13.7. The van der Waals surface area contributed by atoms with Crippen molar-refractivity contribution < 1.29 is 4.74 Å². The molecule has 2 rings (SSSR count). The van der Waals surface area contributed by atoms with E-state index in [1.54, 1.807) is 0 Å². The summed E-state index contributed by atoms with van der Waals surface area (Å²) in [6, 6.07) is 8.45. The van der Waals surface area contributed by atoms with Gasteiger partial charge in [-0.15, -0.1) is 0 Å². The van der Waals surface area contributed by atoms with E-state index >= 15 is 0 Å². The fourth-order valence-electron chi connectivity index (χ4n) is 3.38. The minimum Gasteiger partial charge on any atom is -0.373 e. The van der Waals surface area contributed by atoms with Crippen LogP contribution in [0, 0.1) is 6.92 Å². The quantitative estimate of drug-likeness (QED) is 0.827. The molecule has 1 atom stereocenters. The van der Waals surface area contributed by atoms with E-state index in [4.69, 9.17) is 10.5 Å². The summed E-state index contributed by atoms with van der Waals surface area (Å²) in [5.74, 6) is 0. The second kappa shape index (κ2) is 6.53. The van der Waals surface area contributed by atoms with Crippen molar-refractivity contribution in [3.8, 4) is 0 Å². The molecule has 0 radical (unpaired) electrons. The van der Waals surface area contributed by atoms with E-state index in [1.165, 1.54) is 36.8 Å². The monoisotopic (exact) mass is 261 g/mol. The first-order chi connectivity index (χ1) is 9.19. The Morgan fingerprint density at radius 3 is 2.37 bits per heavy atom. The minimum atomic E-state index is -0.155. The molecule has 106 valence electrons. The van der Waals surface area contributed by atoms with Crippen LogP contribution in [-0.2, 0) is 4.74 Å². The van der Waals surface area contributed by atoms with Gasteiger partial charge in [-0.3, -0.25) is 0 Å². The molecule has 0 aliphatic heterocycles. The molecule has 1 aliphatic rings. The van der Waals surface area contributed by atoms with Crippen LogP contribution in [0.1, 0.15) is 62.6 Å². The first-order valence-corrected chi connectivity index (χ1v) is 7.65. The number of benzene rings is 1. The molecule has 0 spiro atoms. The van der Waals surface area contributed by atoms with Crippen LogP contribution < -0.4 is 5.73 Å². The maximum Gasteiger partial charge on any atom is 0.0874 e. The molecule has 0 aromatic heterocycles. The van der Waals surface area contributed by atoms with Gasteiger partial charge in [-0.1, -0.05) is 49.9 Å². The summed E-state index contributed by atoms with van der Waals surface area (Å²) in [5.41, 5.74) is 9.00. The highest BCUT2D eigenvalue weighted by Gasteiger charge is 2.38. The van der Waals surface area contributed by atoms with Gasteiger partial charge in [0.1, 0.15) is 0 Å². The first-order valence-electron chi connectivity index (χ1n) is 7.65. The number of hydrogen-bond acceptors (Lipinski definition) is 2. The van der Waals surface area contributed by atoms with Gasteiger partial charge in [0.05, 0.1) is 11.6 Å². The summed E-state index contributed by atoms with van der Waals surface area (Å²) in [6.07, 6.45) is 7.29. The smallest absolute Gasteiger partial charge is 0.0874 e.